The quantitative estimate of drug-likeness (QED) is 0.620. The van der Waals surface area contributed by atoms with E-state index < -0.39 is 0 Å². The number of rotatable bonds is 1. The van der Waals surface area contributed by atoms with Crippen LogP contribution in [0.2, 0.25) is 0 Å². The summed E-state index contributed by atoms with van der Waals surface area (Å²) in [5.74, 6) is 0. The molecule has 1 nitrogen and oxygen atoms in total. The Labute approximate surface area is 91.0 Å². The Balaban J connectivity index is 2.65. The Morgan fingerprint density at radius 3 is 2.33 bits per heavy atom. The van der Waals surface area contributed by atoms with E-state index in [4.69, 9.17) is 0 Å². The zero-order chi connectivity index (χ0) is 10.8. The lowest BCUT2D eigenvalue weighted by Gasteiger charge is -2.04. The number of hydrogen-bond donors (Lipinski definition) is 0. The summed E-state index contributed by atoms with van der Waals surface area (Å²) in [6.07, 6.45) is 0. The zero-order valence-electron chi connectivity index (χ0n) is 9.49. The molecule has 0 unspecified atom stereocenters. The van der Waals surface area contributed by atoms with Gasteiger partial charge in [0.25, 0.3) is 0 Å². The maximum atomic E-state index is 2.22. The molecule has 0 saturated heterocycles. The van der Waals surface area contributed by atoms with Gasteiger partial charge in [-0.25, -0.2) is 0 Å². The van der Waals surface area contributed by atoms with Crippen molar-refractivity contribution in [3.05, 3.63) is 53.7 Å². The van der Waals surface area contributed by atoms with Crippen molar-refractivity contribution in [2.24, 2.45) is 7.05 Å². The Hall–Kier alpha value is -1.63. The first-order valence-corrected chi connectivity index (χ1v) is 5.22. The van der Waals surface area contributed by atoms with Crippen LogP contribution in [0.1, 0.15) is 11.3 Å². The van der Waals surface area contributed by atoms with Gasteiger partial charge in [-0.1, -0.05) is 18.2 Å². The van der Waals surface area contributed by atoms with E-state index in [1.165, 1.54) is 22.5 Å². The Kier molecular flexibility index (Phi) is 2.55. The summed E-state index contributed by atoms with van der Waals surface area (Å²) in [6.45, 7) is 4.28. The highest BCUT2D eigenvalue weighted by molar-refractivity contribution is 5.60. The highest BCUT2D eigenvalue weighted by Gasteiger charge is 2.12. The molecule has 1 aromatic carbocycles. The van der Waals surface area contributed by atoms with Crippen molar-refractivity contribution in [2.45, 2.75) is 13.8 Å². The molecule has 0 radical (unpaired) electrons. The number of nitrogens with zero attached hydrogens (tertiary/aromatic N) is 1. The second kappa shape index (κ2) is 3.85. The summed E-state index contributed by atoms with van der Waals surface area (Å²) >= 11 is 0. The van der Waals surface area contributed by atoms with Crippen molar-refractivity contribution < 1.29 is 4.57 Å². The van der Waals surface area contributed by atoms with Crippen LogP contribution in [0.5, 0.6) is 0 Å². The number of pyridine rings is 1. The fourth-order valence-electron chi connectivity index (χ4n) is 1.82. The van der Waals surface area contributed by atoms with Crippen LogP contribution in [0.15, 0.2) is 42.5 Å². The van der Waals surface area contributed by atoms with Crippen LogP contribution >= 0.6 is 0 Å². The highest BCUT2D eigenvalue weighted by atomic mass is 14.9. The van der Waals surface area contributed by atoms with E-state index in [-0.39, 0.29) is 0 Å². The van der Waals surface area contributed by atoms with Crippen LogP contribution in [0.3, 0.4) is 0 Å². The van der Waals surface area contributed by atoms with Gasteiger partial charge in [0.05, 0.1) is 0 Å². The van der Waals surface area contributed by atoms with Crippen LogP contribution in [-0.2, 0) is 7.05 Å². The lowest BCUT2D eigenvalue weighted by molar-refractivity contribution is -0.666. The molecule has 0 aliphatic rings. The third-order valence-corrected chi connectivity index (χ3v) is 2.90. The molecular formula is C14H16N+. The molecule has 0 spiro atoms. The van der Waals surface area contributed by atoms with E-state index in [1.54, 1.807) is 0 Å². The lowest BCUT2D eigenvalue weighted by Crippen LogP contribution is -2.34. The van der Waals surface area contributed by atoms with Crippen LogP contribution in [0.25, 0.3) is 11.3 Å². The zero-order valence-corrected chi connectivity index (χ0v) is 9.49. The van der Waals surface area contributed by atoms with Gasteiger partial charge in [0, 0.05) is 24.6 Å². The van der Waals surface area contributed by atoms with E-state index in [0.717, 1.165) is 0 Å². The molecule has 1 aromatic heterocycles. The molecule has 0 bridgehead atoms. The van der Waals surface area contributed by atoms with Crippen molar-refractivity contribution in [2.75, 3.05) is 0 Å². The van der Waals surface area contributed by atoms with Gasteiger partial charge in [-0.15, -0.1) is 0 Å². The maximum absolute atomic E-state index is 2.22. The smallest absolute Gasteiger partial charge is 0.199 e. The number of aromatic nitrogens is 1. The minimum Gasteiger partial charge on any atom is -0.199 e. The molecule has 15 heavy (non-hydrogen) atoms. The third-order valence-electron chi connectivity index (χ3n) is 2.90. The number of aryl methyl sites for hydroxylation is 2. The highest BCUT2D eigenvalue weighted by Crippen LogP contribution is 2.19. The van der Waals surface area contributed by atoms with E-state index >= 15 is 0 Å². The second-order valence-corrected chi connectivity index (χ2v) is 3.93. The van der Waals surface area contributed by atoms with Crippen molar-refractivity contribution in [1.82, 2.24) is 0 Å². The van der Waals surface area contributed by atoms with Gasteiger partial charge in [0.15, 0.2) is 5.69 Å². The summed E-state index contributed by atoms with van der Waals surface area (Å²) < 4.78 is 2.22. The summed E-state index contributed by atoms with van der Waals surface area (Å²) in [4.78, 5) is 0. The molecule has 76 valence electrons. The number of benzene rings is 1. The summed E-state index contributed by atoms with van der Waals surface area (Å²) in [5, 5.41) is 0. The average molecular weight is 198 g/mol. The first-order chi connectivity index (χ1) is 7.20. The van der Waals surface area contributed by atoms with Gasteiger partial charge in [-0.05, 0) is 24.6 Å². The largest absolute Gasteiger partial charge is 0.212 e. The van der Waals surface area contributed by atoms with Crippen molar-refractivity contribution in [3.8, 4) is 11.3 Å². The molecule has 0 aliphatic carbocycles. The number of hydrogen-bond acceptors (Lipinski definition) is 0. The summed E-state index contributed by atoms with van der Waals surface area (Å²) in [7, 11) is 2.11. The SMILES string of the molecule is Cc1ccccc1-c1cccc(C)[n+]1C. The second-order valence-electron chi connectivity index (χ2n) is 3.93. The molecule has 0 fully saturated rings. The van der Waals surface area contributed by atoms with E-state index in [9.17, 15) is 0 Å². The topological polar surface area (TPSA) is 3.88 Å². The van der Waals surface area contributed by atoms with E-state index in [0.29, 0.717) is 0 Å². The normalized spacial score (nSPS) is 10.3. The standard InChI is InChI=1S/C14H16N/c1-11-7-4-5-9-13(11)14-10-6-8-12(2)15(14)3/h4-10H,1-3H3/q+1. The van der Waals surface area contributed by atoms with E-state index in [2.05, 4.69) is 67.9 Å². The van der Waals surface area contributed by atoms with Gasteiger partial charge in [0.2, 0.25) is 5.69 Å². The molecule has 1 heterocycles. The molecule has 0 atom stereocenters. The molecule has 2 aromatic rings. The van der Waals surface area contributed by atoms with Crippen LogP contribution in [0, 0.1) is 13.8 Å². The van der Waals surface area contributed by atoms with Crippen molar-refractivity contribution in [1.29, 1.82) is 0 Å². The average Bonchev–Trinajstić information content (AvgIpc) is 2.23. The first-order valence-electron chi connectivity index (χ1n) is 5.22. The van der Waals surface area contributed by atoms with Crippen LogP contribution in [0.4, 0.5) is 0 Å². The predicted molar refractivity (Wildman–Crippen MR) is 62.5 cm³/mol. The minimum absolute atomic E-state index is 1.27. The minimum atomic E-state index is 1.27. The molecule has 1 heteroatoms. The summed E-state index contributed by atoms with van der Waals surface area (Å²) in [5.41, 5.74) is 5.17. The fourth-order valence-corrected chi connectivity index (χ4v) is 1.82. The Morgan fingerprint density at radius 2 is 1.60 bits per heavy atom. The van der Waals surface area contributed by atoms with Crippen LogP contribution in [-0.4, -0.2) is 0 Å². The molecule has 0 saturated carbocycles. The lowest BCUT2D eigenvalue weighted by atomic mass is 10.0. The third kappa shape index (κ3) is 1.78. The van der Waals surface area contributed by atoms with Gasteiger partial charge in [-0.3, -0.25) is 0 Å². The van der Waals surface area contributed by atoms with Crippen molar-refractivity contribution >= 4 is 0 Å². The maximum Gasteiger partial charge on any atom is 0.212 e. The van der Waals surface area contributed by atoms with Crippen molar-refractivity contribution in [3.63, 3.8) is 0 Å². The Bertz CT molecular complexity index is 486. The van der Waals surface area contributed by atoms with Gasteiger partial charge >= 0.3 is 0 Å². The molecule has 2 rings (SSSR count). The monoisotopic (exact) mass is 198 g/mol. The summed E-state index contributed by atoms with van der Waals surface area (Å²) in [6, 6.07) is 14.9. The van der Waals surface area contributed by atoms with Gasteiger partial charge in [0.1, 0.15) is 7.05 Å². The molecular weight excluding hydrogens is 182 g/mol. The molecule has 0 aliphatic heterocycles. The fraction of sp³-hybridized carbons (Fsp3) is 0.214. The molecule has 0 amide bonds. The Morgan fingerprint density at radius 1 is 0.867 bits per heavy atom. The van der Waals surface area contributed by atoms with E-state index in [1.807, 2.05) is 0 Å². The first kappa shape index (κ1) is 9.91. The van der Waals surface area contributed by atoms with Gasteiger partial charge < -0.3 is 0 Å². The predicted octanol–water partition coefficient (Wildman–Crippen LogP) is 2.79. The van der Waals surface area contributed by atoms with Gasteiger partial charge in [-0.2, -0.15) is 4.57 Å². The van der Waals surface area contributed by atoms with Crippen LogP contribution < -0.4 is 4.57 Å². The molecule has 0 N–H and O–H groups in total.